The van der Waals surface area contributed by atoms with Gasteiger partial charge in [0.05, 0.1) is 12.5 Å². The summed E-state index contributed by atoms with van der Waals surface area (Å²) in [7, 11) is 0. The van der Waals surface area contributed by atoms with Gasteiger partial charge >= 0.3 is 6.18 Å². The Balaban J connectivity index is 2.47. The van der Waals surface area contributed by atoms with Crippen molar-refractivity contribution in [3.05, 3.63) is 11.7 Å². The Morgan fingerprint density at radius 1 is 1.47 bits per heavy atom. The van der Waals surface area contributed by atoms with Crippen molar-refractivity contribution in [1.82, 2.24) is 10.1 Å². The highest BCUT2D eigenvalue weighted by molar-refractivity contribution is 7.98. The molecule has 2 N–H and O–H groups in total. The summed E-state index contributed by atoms with van der Waals surface area (Å²) in [5.41, 5.74) is 5.74. The SMILES string of the molecule is CSCCC(N)c1nc(CCC(F)(F)F)no1. The van der Waals surface area contributed by atoms with Gasteiger partial charge in [-0.1, -0.05) is 5.16 Å². The van der Waals surface area contributed by atoms with Crippen molar-refractivity contribution in [1.29, 1.82) is 0 Å². The van der Waals surface area contributed by atoms with E-state index in [4.69, 9.17) is 10.3 Å². The van der Waals surface area contributed by atoms with E-state index in [0.29, 0.717) is 6.42 Å². The van der Waals surface area contributed by atoms with E-state index in [1.165, 1.54) is 0 Å². The van der Waals surface area contributed by atoms with Crippen LogP contribution in [0, 0.1) is 0 Å². The number of thioether (sulfide) groups is 1. The van der Waals surface area contributed by atoms with Crippen LogP contribution in [0.3, 0.4) is 0 Å². The summed E-state index contributed by atoms with van der Waals surface area (Å²) in [6.07, 6.45) is -2.84. The third kappa shape index (κ3) is 5.40. The number of nitrogens with zero attached hydrogens (tertiary/aromatic N) is 2. The van der Waals surface area contributed by atoms with Gasteiger partial charge in [-0.05, 0) is 18.4 Å². The molecule has 0 aliphatic heterocycles. The van der Waals surface area contributed by atoms with Crippen molar-refractivity contribution in [2.45, 2.75) is 31.5 Å². The van der Waals surface area contributed by atoms with Crippen LogP contribution in [0.15, 0.2) is 4.52 Å². The lowest BCUT2D eigenvalue weighted by atomic mass is 10.2. The Hall–Kier alpha value is -0.760. The third-order valence-electron chi connectivity index (χ3n) is 2.07. The zero-order valence-electron chi connectivity index (χ0n) is 9.33. The number of aromatic nitrogens is 2. The first-order chi connectivity index (χ1) is 7.92. The fraction of sp³-hybridized carbons (Fsp3) is 0.778. The Morgan fingerprint density at radius 3 is 2.76 bits per heavy atom. The molecule has 1 atom stereocenters. The fourth-order valence-corrected chi connectivity index (χ4v) is 1.63. The van der Waals surface area contributed by atoms with E-state index in [0.717, 1.165) is 5.75 Å². The van der Waals surface area contributed by atoms with E-state index in [2.05, 4.69) is 10.1 Å². The number of hydrogen-bond acceptors (Lipinski definition) is 5. The standard InChI is InChI=1S/C9H14F3N3OS/c1-17-5-3-6(13)8-14-7(15-16-8)2-4-9(10,11)12/h6H,2-5,13H2,1H3. The van der Waals surface area contributed by atoms with Crippen LogP contribution in [0.4, 0.5) is 13.2 Å². The van der Waals surface area contributed by atoms with E-state index in [1.807, 2.05) is 6.26 Å². The van der Waals surface area contributed by atoms with Gasteiger partial charge in [0, 0.05) is 6.42 Å². The number of aryl methyl sites for hydroxylation is 1. The van der Waals surface area contributed by atoms with E-state index < -0.39 is 18.6 Å². The van der Waals surface area contributed by atoms with Crippen molar-refractivity contribution in [2.24, 2.45) is 5.73 Å². The quantitative estimate of drug-likeness (QED) is 0.858. The summed E-state index contributed by atoms with van der Waals surface area (Å²) < 4.78 is 40.7. The second kappa shape index (κ2) is 6.25. The number of nitrogens with two attached hydrogens (primary N) is 1. The predicted octanol–water partition coefficient (Wildman–Crippen LogP) is 2.32. The lowest BCUT2D eigenvalue weighted by Gasteiger charge is -2.04. The van der Waals surface area contributed by atoms with Gasteiger partial charge in [-0.3, -0.25) is 0 Å². The van der Waals surface area contributed by atoms with Crippen molar-refractivity contribution in [3.8, 4) is 0 Å². The number of alkyl halides is 3. The van der Waals surface area contributed by atoms with Crippen LogP contribution in [0.2, 0.25) is 0 Å². The van der Waals surface area contributed by atoms with Gasteiger partial charge in [-0.2, -0.15) is 29.9 Å². The zero-order chi connectivity index (χ0) is 12.9. The van der Waals surface area contributed by atoms with Crippen molar-refractivity contribution in [3.63, 3.8) is 0 Å². The Kier molecular flexibility index (Phi) is 5.26. The smallest absolute Gasteiger partial charge is 0.338 e. The average molecular weight is 269 g/mol. The summed E-state index contributed by atoms with van der Waals surface area (Å²) in [6, 6.07) is -0.408. The second-order valence-electron chi connectivity index (χ2n) is 3.55. The molecule has 0 bridgehead atoms. The molecule has 0 aliphatic carbocycles. The molecule has 17 heavy (non-hydrogen) atoms. The molecular formula is C9H14F3N3OS. The maximum absolute atomic E-state index is 12.0. The molecule has 0 spiro atoms. The molecule has 8 heteroatoms. The molecule has 0 saturated carbocycles. The van der Waals surface area contributed by atoms with E-state index in [-0.39, 0.29) is 18.1 Å². The van der Waals surface area contributed by atoms with E-state index in [9.17, 15) is 13.2 Å². The lowest BCUT2D eigenvalue weighted by molar-refractivity contribution is -0.134. The number of rotatable bonds is 6. The van der Waals surface area contributed by atoms with Crippen LogP contribution in [-0.2, 0) is 6.42 Å². The molecule has 1 aromatic rings. The summed E-state index contributed by atoms with van der Waals surface area (Å²) >= 11 is 1.63. The second-order valence-corrected chi connectivity index (χ2v) is 4.54. The first-order valence-electron chi connectivity index (χ1n) is 5.06. The Bertz CT molecular complexity index is 342. The first kappa shape index (κ1) is 14.3. The summed E-state index contributed by atoms with van der Waals surface area (Å²) in [4.78, 5) is 3.85. The molecule has 1 heterocycles. The summed E-state index contributed by atoms with van der Waals surface area (Å²) in [5.74, 6) is 1.09. The van der Waals surface area contributed by atoms with Crippen molar-refractivity contribution >= 4 is 11.8 Å². The normalized spacial score (nSPS) is 13.9. The maximum atomic E-state index is 12.0. The Labute approximate surface area is 101 Å². The highest BCUT2D eigenvalue weighted by Crippen LogP contribution is 2.22. The van der Waals surface area contributed by atoms with Crippen LogP contribution in [-0.4, -0.2) is 28.3 Å². The number of halogens is 3. The highest BCUT2D eigenvalue weighted by Gasteiger charge is 2.27. The molecule has 1 aromatic heterocycles. The third-order valence-corrected chi connectivity index (χ3v) is 2.71. The van der Waals surface area contributed by atoms with E-state index in [1.54, 1.807) is 11.8 Å². The Morgan fingerprint density at radius 2 is 2.18 bits per heavy atom. The van der Waals surface area contributed by atoms with E-state index >= 15 is 0 Å². The van der Waals surface area contributed by atoms with Crippen LogP contribution in [0.5, 0.6) is 0 Å². The summed E-state index contributed by atoms with van der Waals surface area (Å²) in [6.45, 7) is 0. The zero-order valence-corrected chi connectivity index (χ0v) is 10.1. The molecular weight excluding hydrogens is 255 g/mol. The molecule has 0 radical (unpaired) electrons. The topological polar surface area (TPSA) is 64.9 Å². The molecule has 0 fully saturated rings. The van der Waals surface area contributed by atoms with Crippen LogP contribution < -0.4 is 5.73 Å². The molecule has 0 aromatic carbocycles. The van der Waals surface area contributed by atoms with Crippen molar-refractivity contribution in [2.75, 3.05) is 12.0 Å². The monoisotopic (exact) mass is 269 g/mol. The number of hydrogen-bond donors (Lipinski definition) is 1. The van der Waals surface area contributed by atoms with Crippen LogP contribution >= 0.6 is 11.8 Å². The molecule has 0 aliphatic rings. The minimum absolute atomic E-state index is 0.0527. The lowest BCUT2D eigenvalue weighted by Crippen LogP contribution is -2.12. The highest BCUT2D eigenvalue weighted by atomic mass is 32.2. The largest absolute Gasteiger partial charge is 0.389 e. The van der Waals surface area contributed by atoms with Gasteiger partial charge in [-0.25, -0.2) is 0 Å². The maximum Gasteiger partial charge on any atom is 0.389 e. The van der Waals surface area contributed by atoms with Gasteiger partial charge in [0.2, 0.25) is 5.89 Å². The minimum Gasteiger partial charge on any atom is -0.338 e. The van der Waals surface area contributed by atoms with Gasteiger partial charge in [-0.15, -0.1) is 0 Å². The molecule has 98 valence electrons. The molecule has 4 nitrogen and oxygen atoms in total. The minimum atomic E-state index is -4.21. The predicted molar refractivity (Wildman–Crippen MR) is 58.6 cm³/mol. The molecule has 0 saturated heterocycles. The first-order valence-corrected chi connectivity index (χ1v) is 6.45. The molecule has 0 amide bonds. The van der Waals surface area contributed by atoms with Gasteiger partial charge in [0.25, 0.3) is 0 Å². The van der Waals surface area contributed by atoms with Gasteiger partial charge in [0.15, 0.2) is 5.82 Å². The molecule has 1 unspecified atom stereocenters. The summed E-state index contributed by atoms with van der Waals surface area (Å²) in [5, 5.41) is 3.48. The van der Waals surface area contributed by atoms with Crippen LogP contribution in [0.25, 0.3) is 0 Å². The van der Waals surface area contributed by atoms with Crippen molar-refractivity contribution < 1.29 is 17.7 Å². The van der Waals surface area contributed by atoms with Gasteiger partial charge < -0.3 is 10.3 Å². The molecule has 1 rings (SSSR count). The fourth-order valence-electron chi connectivity index (χ4n) is 1.14. The average Bonchev–Trinajstić information content (AvgIpc) is 2.70. The van der Waals surface area contributed by atoms with Gasteiger partial charge in [0.1, 0.15) is 0 Å². The van der Waals surface area contributed by atoms with Crippen LogP contribution in [0.1, 0.15) is 30.6 Å².